The highest BCUT2D eigenvalue weighted by Gasteiger charge is 2.31. The maximum atomic E-state index is 12.8. The number of nitrogens with zero attached hydrogens (tertiary/aromatic N) is 2. The molecule has 31 heavy (non-hydrogen) atoms. The first-order chi connectivity index (χ1) is 15.1. The molecule has 2 heterocycles. The molecule has 7 heteroatoms. The molecule has 5 rings (SSSR count). The second kappa shape index (κ2) is 8.94. The summed E-state index contributed by atoms with van der Waals surface area (Å²) in [5.74, 6) is 0.00878. The minimum Gasteiger partial charge on any atom is -0.285 e. The predicted octanol–water partition coefficient (Wildman–Crippen LogP) is 6.09. The monoisotopic (exact) mass is 513 g/mol. The van der Waals surface area contributed by atoms with Crippen LogP contribution in [0.3, 0.4) is 0 Å². The molecule has 3 aliphatic rings. The van der Waals surface area contributed by atoms with E-state index in [1.165, 1.54) is 0 Å². The second-order valence-electron chi connectivity index (χ2n) is 7.84. The Morgan fingerprint density at radius 3 is 2.84 bits per heavy atom. The zero-order valence-electron chi connectivity index (χ0n) is 16.7. The van der Waals surface area contributed by atoms with Crippen LogP contribution in [0.15, 0.2) is 80.1 Å². The van der Waals surface area contributed by atoms with Gasteiger partial charge >= 0.3 is 0 Å². The quantitative estimate of drug-likeness (QED) is 0.539. The second-order valence-corrected chi connectivity index (χ2v) is 10.4. The Hall–Kier alpha value is -1.86. The standard InChI is InChI=1S/C24H21BrClN3OS/c25-17-5-3-4-15(12-17)23-19-8-7-18(26)14-22(19)31-21-9-6-16(13-20(21)27-23)24(30)28-29-10-1-2-11-29/h3-9,12-14,19,22H,1-2,10-11H2,(H,28,30). The van der Waals surface area contributed by atoms with Crippen molar-refractivity contribution in [3.05, 3.63) is 81.3 Å². The molecule has 0 radical (unpaired) electrons. The maximum Gasteiger partial charge on any atom is 0.265 e. The Labute approximate surface area is 199 Å². The molecule has 2 aliphatic heterocycles. The zero-order chi connectivity index (χ0) is 21.4. The van der Waals surface area contributed by atoms with E-state index < -0.39 is 0 Å². The number of thioether (sulfide) groups is 1. The zero-order valence-corrected chi connectivity index (χ0v) is 19.9. The Kier molecular flexibility index (Phi) is 6.06. The molecule has 2 aromatic rings. The number of hydrogen-bond donors (Lipinski definition) is 1. The molecule has 1 amide bonds. The van der Waals surface area contributed by atoms with Crippen LogP contribution in [0.25, 0.3) is 0 Å². The van der Waals surface area contributed by atoms with Gasteiger partial charge in [-0.3, -0.25) is 15.2 Å². The van der Waals surface area contributed by atoms with Crippen LogP contribution in [0, 0.1) is 5.92 Å². The largest absolute Gasteiger partial charge is 0.285 e. The van der Waals surface area contributed by atoms with Crippen molar-refractivity contribution in [2.45, 2.75) is 23.0 Å². The van der Waals surface area contributed by atoms with Gasteiger partial charge in [0.1, 0.15) is 0 Å². The Bertz CT molecular complexity index is 1120. The highest BCUT2D eigenvalue weighted by molar-refractivity contribution is 9.10. The lowest BCUT2D eigenvalue weighted by atomic mass is 9.90. The third-order valence-corrected chi connectivity index (χ3v) is 7.71. The molecular formula is C24H21BrClN3OS. The van der Waals surface area contributed by atoms with Crippen LogP contribution in [-0.4, -0.2) is 35.0 Å². The number of amides is 1. The average molecular weight is 515 g/mol. The molecule has 158 valence electrons. The molecule has 4 nitrogen and oxygen atoms in total. The molecule has 2 atom stereocenters. The summed E-state index contributed by atoms with van der Waals surface area (Å²) in [7, 11) is 0. The fourth-order valence-electron chi connectivity index (χ4n) is 4.11. The van der Waals surface area contributed by atoms with Gasteiger partial charge in [0.25, 0.3) is 5.91 Å². The molecule has 2 unspecified atom stereocenters. The van der Waals surface area contributed by atoms with Gasteiger partial charge in [0, 0.05) is 44.2 Å². The van der Waals surface area contributed by atoms with E-state index in [9.17, 15) is 4.79 Å². The molecule has 1 saturated heterocycles. The van der Waals surface area contributed by atoms with Gasteiger partial charge < -0.3 is 0 Å². The van der Waals surface area contributed by atoms with Crippen LogP contribution >= 0.6 is 39.3 Å². The molecule has 0 spiro atoms. The molecule has 0 bridgehead atoms. The van der Waals surface area contributed by atoms with Crippen LogP contribution in [0.4, 0.5) is 5.69 Å². The van der Waals surface area contributed by atoms with Crippen molar-refractivity contribution in [2.75, 3.05) is 13.1 Å². The van der Waals surface area contributed by atoms with Crippen molar-refractivity contribution in [2.24, 2.45) is 10.9 Å². The minimum atomic E-state index is -0.0848. The normalized spacial score (nSPS) is 22.8. The van der Waals surface area contributed by atoms with Crippen LogP contribution in [0.2, 0.25) is 0 Å². The van der Waals surface area contributed by atoms with E-state index in [1.807, 2.05) is 41.4 Å². The number of halogens is 2. The van der Waals surface area contributed by atoms with Gasteiger partial charge in [0.15, 0.2) is 0 Å². The third kappa shape index (κ3) is 4.53. The van der Waals surface area contributed by atoms with Crippen molar-refractivity contribution in [1.82, 2.24) is 10.4 Å². The van der Waals surface area contributed by atoms with E-state index in [1.54, 1.807) is 11.8 Å². The van der Waals surface area contributed by atoms with Crippen molar-refractivity contribution >= 4 is 56.6 Å². The molecular weight excluding hydrogens is 494 g/mol. The Balaban J connectivity index is 1.55. The number of carbonyl (C=O) groups is 1. The lowest BCUT2D eigenvalue weighted by Gasteiger charge is -2.24. The maximum absolute atomic E-state index is 12.8. The first kappa shape index (κ1) is 21.0. The van der Waals surface area contributed by atoms with Crippen LogP contribution in [0.5, 0.6) is 0 Å². The highest BCUT2D eigenvalue weighted by atomic mass is 79.9. The highest BCUT2D eigenvalue weighted by Crippen LogP contribution is 2.44. The third-order valence-electron chi connectivity index (χ3n) is 5.67. The van der Waals surface area contributed by atoms with E-state index in [4.69, 9.17) is 16.6 Å². The van der Waals surface area contributed by atoms with Gasteiger partial charge in [0.05, 0.1) is 11.4 Å². The van der Waals surface area contributed by atoms with Crippen LogP contribution < -0.4 is 5.43 Å². The van der Waals surface area contributed by atoms with Gasteiger partial charge in [-0.15, -0.1) is 11.8 Å². The van der Waals surface area contributed by atoms with Crippen LogP contribution in [0.1, 0.15) is 28.8 Å². The number of allylic oxidation sites excluding steroid dienone is 3. The molecule has 1 fully saturated rings. The van der Waals surface area contributed by atoms with E-state index in [0.29, 0.717) is 5.56 Å². The number of fused-ring (bicyclic) bond motifs is 2. The summed E-state index contributed by atoms with van der Waals surface area (Å²) in [6, 6.07) is 14.0. The van der Waals surface area contributed by atoms with E-state index in [2.05, 4.69) is 45.6 Å². The lowest BCUT2D eigenvalue weighted by molar-refractivity contribution is 0.0826. The summed E-state index contributed by atoms with van der Waals surface area (Å²) in [6.45, 7) is 1.81. The Morgan fingerprint density at radius 1 is 1.19 bits per heavy atom. The summed E-state index contributed by atoms with van der Waals surface area (Å²) in [5, 5.41) is 2.87. The van der Waals surface area contributed by atoms with Crippen molar-refractivity contribution in [3.8, 4) is 0 Å². The smallest absolute Gasteiger partial charge is 0.265 e. The summed E-state index contributed by atoms with van der Waals surface area (Å²) < 4.78 is 1.01. The minimum absolute atomic E-state index is 0.0848. The first-order valence-corrected chi connectivity index (χ1v) is 12.4. The van der Waals surface area contributed by atoms with Crippen molar-refractivity contribution in [3.63, 3.8) is 0 Å². The number of hydrogen-bond acceptors (Lipinski definition) is 4. The lowest BCUT2D eigenvalue weighted by Crippen LogP contribution is -2.39. The number of benzene rings is 2. The summed E-state index contributed by atoms with van der Waals surface area (Å²) in [4.78, 5) is 19.0. The number of nitrogens with one attached hydrogen (secondary N) is 1. The predicted molar refractivity (Wildman–Crippen MR) is 131 cm³/mol. The molecule has 1 N–H and O–H groups in total. The van der Waals surface area contributed by atoms with Crippen molar-refractivity contribution in [1.29, 1.82) is 0 Å². The number of hydrazine groups is 1. The van der Waals surface area contributed by atoms with Gasteiger partial charge in [-0.05, 0) is 54.8 Å². The summed E-state index contributed by atoms with van der Waals surface area (Å²) in [5.41, 5.74) is 6.50. The topological polar surface area (TPSA) is 44.7 Å². The molecule has 2 aromatic carbocycles. The number of carbonyl (C=O) groups excluding carboxylic acids is 1. The Morgan fingerprint density at radius 2 is 2.03 bits per heavy atom. The fourth-order valence-corrected chi connectivity index (χ4v) is 6.04. The SMILES string of the molecule is O=C(NN1CCCC1)c1ccc2c(c1)N=C(c1cccc(Br)c1)C1C=CC(Cl)=CC1S2. The average Bonchev–Trinajstić information content (AvgIpc) is 3.20. The number of rotatable bonds is 3. The fraction of sp³-hybridized carbons (Fsp3) is 0.250. The first-order valence-electron chi connectivity index (χ1n) is 10.3. The van der Waals surface area contributed by atoms with Gasteiger partial charge in [-0.1, -0.05) is 51.8 Å². The summed E-state index contributed by atoms with van der Waals surface area (Å²) >= 11 is 11.7. The van der Waals surface area contributed by atoms with Gasteiger partial charge in [0.2, 0.25) is 0 Å². The van der Waals surface area contributed by atoms with E-state index in [0.717, 1.165) is 57.3 Å². The van der Waals surface area contributed by atoms with Gasteiger partial charge in [-0.2, -0.15) is 0 Å². The molecule has 0 saturated carbocycles. The van der Waals surface area contributed by atoms with Crippen molar-refractivity contribution < 1.29 is 4.79 Å². The van der Waals surface area contributed by atoms with E-state index in [-0.39, 0.29) is 17.1 Å². The number of aliphatic imine (C=N–C) groups is 1. The molecule has 0 aromatic heterocycles. The van der Waals surface area contributed by atoms with E-state index >= 15 is 0 Å². The van der Waals surface area contributed by atoms with Crippen LogP contribution in [-0.2, 0) is 0 Å². The van der Waals surface area contributed by atoms with Gasteiger partial charge in [-0.25, -0.2) is 5.01 Å². The molecule has 1 aliphatic carbocycles. The summed E-state index contributed by atoms with van der Waals surface area (Å²) in [6.07, 6.45) is 8.41.